The van der Waals surface area contributed by atoms with Gasteiger partial charge in [-0.1, -0.05) is 20.8 Å². The maximum Gasteiger partial charge on any atom is 0.133 e. The zero-order valence-electron chi connectivity index (χ0n) is 12.4. The maximum absolute atomic E-state index is 5.55. The Kier molecular flexibility index (Phi) is 8.54. The lowest BCUT2D eigenvalue weighted by atomic mass is 10.2. The molecule has 1 N–H and O–H groups in total. The van der Waals surface area contributed by atoms with Crippen molar-refractivity contribution in [3.05, 3.63) is 23.7 Å². The van der Waals surface area contributed by atoms with Crippen LogP contribution in [0.3, 0.4) is 0 Å². The molecule has 0 radical (unpaired) electrons. The fourth-order valence-electron chi connectivity index (χ4n) is 1.68. The van der Waals surface area contributed by atoms with Crippen molar-refractivity contribution < 1.29 is 13.9 Å². The highest BCUT2D eigenvalue weighted by atomic mass is 16.5. The Balaban J connectivity index is 2.17. The van der Waals surface area contributed by atoms with E-state index in [-0.39, 0.29) is 0 Å². The third-order valence-corrected chi connectivity index (χ3v) is 2.66. The quantitative estimate of drug-likeness (QED) is 0.627. The van der Waals surface area contributed by atoms with E-state index in [1.54, 1.807) is 6.26 Å². The third-order valence-electron chi connectivity index (χ3n) is 2.66. The molecule has 0 amide bonds. The first-order chi connectivity index (χ1) is 9.24. The summed E-state index contributed by atoms with van der Waals surface area (Å²) >= 11 is 0. The van der Waals surface area contributed by atoms with Crippen LogP contribution in [0.15, 0.2) is 16.7 Å². The molecular weight excluding hydrogens is 242 g/mol. The topological polar surface area (TPSA) is 43.6 Å². The lowest BCUT2D eigenvalue weighted by Crippen LogP contribution is -2.19. The van der Waals surface area contributed by atoms with Gasteiger partial charge in [-0.15, -0.1) is 0 Å². The molecule has 0 saturated heterocycles. The van der Waals surface area contributed by atoms with Crippen molar-refractivity contribution in [2.75, 3.05) is 26.4 Å². The predicted octanol–water partition coefficient (Wildman–Crippen LogP) is 2.97. The highest BCUT2D eigenvalue weighted by Gasteiger charge is 2.06. The van der Waals surface area contributed by atoms with Crippen LogP contribution in [0, 0.1) is 5.92 Å². The summed E-state index contributed by atoms with van der Waals surface area (Å²) in [4.78, 5) is 0. The average Bonchev–Trinajstić information content (AvgIpc) is 2.81. The Bertz CT molecular complexity index is 323. The van der Waals surface area contributed by atoms with Gasteiger partial charge in [0.15, 0.2) is 0 Å². The van der Waals surface area contributed by atoms with Crippen LogP contribution in [0.4, 0.5) is 0 Å². The molecule has 0 unspecified atom stereocenters. The molecule has 1 heterocycles. The first-order valence-corrected chi connectivity index (χ1v) is 7.15. The van der Waals surface area contributed by atoms with Crippen molar-refractivity contribution in [3.8, 4) is 0 Å². The van der Waals surface area contributed by atoms with Crippen LogP contribution >= 0.6 is 0 Å². The molecule has 1 aromatic heterocycles. The van der Waals surface area contributed by atoms with Gasteiger partial charge in [-0.2, -0.15) is 0 Å². The van der Waals surface area contributed by atoms with Crippen LogP contribution < -0.4 is 5.32 Å². The second kappa shape index (κ2) is 10.0. The van der Waals surface area contributed by atoms with E-state index in [9.17, 15) is 0 Å². The van der Waals surface area contributed by atoms with Crippen molar-refractivity contribution in [1.82, 2.24) is 5.32 Å². The van der Waals surface area contributed by atoms with Gasteiger partial charge in [-0.25, -0.2) is 0 Å². The van der Waals surface area contributed by atoms with Crippen molar-refractivity contribution in [3.63, 3.8) is 0 Å². The van der Waals surface area contributed by atoms with Crippen molar-refractivity contribution >= 4 is 0 Å². The molecular formula is C15H27NO3. The van der Waals surface area contributed by atoms with Crippen LogP contribution in [0.1, 0.15) is 38.5 Å². The number of ether oxygens (including phenoxy) is 2. The van der Waals surface area contributed by atoms with Gasteiger partial charge in [0.2, 0.25) is 0 Å². The van der Waals surface area contributed by atoms with Gasteiger partial charge in [-0.05, 0) is 24.9 Å². The lowest BCUT2D eigenvalue weighted by molar-refractivity contribution is 0.0346. The van der Waals surface area contributed by atoms with Crippen LogP contribution in [0.2, 0.25) is 0 Å². The lowest BCUT2D eigenvalue weighted by Gasteiger charge is -2.08. The standard InChI is InChI=1S/C15H27NO3/c1-4-6-17-8-9-18-12-15-14(5-7-19-15)11-16-10-13(2)3/h5,7,13,16H,4,6,8-12H2,1-3H3. The van der Waals surface area contributed by atoms with Gasteiger partial charge >= 0.3 is 0 Å². The van der Waals surface area contributed by atoms with E-state index in [0.717, 1.165) is 31.9 Å². The van der Waals surface area contributed by atoms with E-state index < -0.39 is 0 Å². The molecule has 0 spiro atoms. The predicted molar refractivity (Wildman–Crippen MR) is 76.0 cm³/mol. The highest BCUT2D eigenvalue weighted by molar-refractivity contribution is 5.16. The minimum Gasteiger partial charge on any atom is -0.467 e. The zero-order valence-corrected chi connectivity index (χ0v) is 12.4. The first kappa shape index (κ1) is 16.2. The summed E-state index contributed by atoms with van der Waals surface area (Å²) in [6, 6.07) is 2.00. The monoisotopic (exact) mass is 269 g/mol. The van der Waals surface area contributed by atoms with Gasteiger partial charge in [0.1, 0.15) is 12.4 Å². The molecule has 0 saturated carbocycles. The van der Waals surface area contributed by atoms with E-state index in [2.05, 4.69) is 26.1 Å². The summed E-state index contributed by atoms with van der Waals surface area (Å²) in [6.07, 6.45) is 2.77. The number of hydrogen-bond donors (Lipinski definition) is 1. The van der Waals surface area contributed by atoms with Gasteiger partial charge in [0, 0.05) is 18.7 Å². The van der Waals surface area contributed by atoms with E-state index in [0.29, 0.717) is 25.7 Å². The summed E-state index contributed by atoms with van der Waals surface area (Å²) in [6.45, 7) is 10.9. The molecule has 1 aromatic rings. The molecule has 4 nitrogen and oxygen atoms in total. The van der Waals surface area contributed by atoms with E-state index in [4.69, 9.17) is 13.9 Å². The maximum atomic E-state index is 5.55. The van der Waals surface area contributed by atoms with Gasteiger partial charge < -0.3 is 19.2 Å². The Morgan fingerprint density at radius 2 is 2.00 bits per heavy atom. The van der Waals surface area contributed by atoms with Crippen LogP contribution in [-0.2, 0) is 22.6 Å². The fourth-order valence-corrected chi connectivity index (χ4v) is 1.68. The molecule has 0 fully saturated rings. The molecule has 0 aliphatic rings. The van der Waals surface area contributed by atoms with E-state index >= 15 is 0 Å². The molecule has 0 aromatic carbocycles. The van der Waals surface area contributed by atoms with E-state index in [1.807, 2.05) is 6.07 Å². The summed E-state index contributed by atoms with van der Waals surface area (Å²) in [5, 5.41) is 3.41. The van der Waals surface area contributed by atoms with Crippen LogP contribution in [-0.4, -0.2) is 26.4 Å². The Labute approximate surface area is 116 Å². The molecule has 0 atom stereocenters. The first-order valence-electron chi connectivity index (χ1n) is 7.15. The summed E-state index contributed by atoms with van der Waals surface area (Å²) in [7, 11) is 0. The largest absolute Gasteiger partial charge is 0.467 e. The molecule has 0 bridgehead atoms. The molecule has 1 rings (SSSR count). The average molecular weight is 269 g/mol. The molecule has 110 valence electrons. The zero-order chi connectivity index (χ0) is 13.9. The SMILES string of the molecule is CCCOCCOCc1occc1CNCC(C)C. The smallest absolute Gasteiger partial charge is 0.133 e. The molecule has 0 aliphatic heterocycles. The summed E-state index contributed by atoms with van der Waals surface area (Å²) in [5.41, 5.74) is 1.18. The third kappa shape index (κ3) is 7.35. The molecule has 19 heavy (non-hydrogen) atoms. The van der Waals surface area contributed by atoms with Crippen LogP contribution in [0.5, 0.6) is 0 Å². The number of furan rings is 1. The Hall–Kier alpha value is -0.840. The highest BCUT2D eigenvalue weighted by Crippen LogP contribution is 2.11. The van der Waals surface area contributed by atoms with Crippen LogP contribution in [0.25, 0.3) is 0 Å². The minimum atomic E-state index is 0.515. The Morgan fingerprint density at radius 1 is 1.21 bits per heavy atom. The minimum absolute atomic E-state index is 0.515. The van der Waals surface area contributed by atoms with Gasteiger partial charge in [-0.3, -0.25) is 0 Å². The summed E-state index contributed by atoms with van der Waals surface area (Å²) < 4.78 is 16.3. The van der Waals surface area contributed by atoms with Gasteiger partial charge in [0.25, 0.3) is 0 Å². The second-order valence-corrected chi connectivity index (χ2v) is 5.06. The number of hydrogen-bond acceptors (Lipinski definition) is 4. The molecule has 4 heteroatoms. The second-order valence-electron chi connectivity index (χ2n) is 5.06. The molecule has 0 aliphatic carbocycles. The fraction of sp³-hybridized carbons (Fsp3) is 0.733. The van der Waals surface area contributed by atoms with Crippen molar-refractivity contribution in [1.29, 1.82) is 0 Å². The van der Waals surface area contributed by atoms with Gasteiger partial charge in [0.05, 0.1) is 19.5 Å². The Morgan fingerprint density at radius 3 is 2.74 bits per heavy atom. The summed E-state index contributed by atoms with van der Waals surface area (Å²) in [5.74, 6) is 1.56. The normalized spacial score (nSPS) is 11.4. The number of rotatable bonds is 11. The number of nitrogens with one attached hydrogen (secondary N) is 1. The van der Waals surface area contributed by atoms with Crippen molar-refractivity contribution in [2.24, 2.45) is 5.92 Å². The van der Waals surface area contributed by atoms with Crippen molar-refractivity contribution in [2.45, 2.75) is 40.3 Å². The van der Waals surface area contributed by atoms with E-state index in [1.165, 1.54) is 5.56 Å².